The molecule has 9 aromatic carbocycles. The zero-order chi connectivity index (χ0) is 36.9. The molecule has 1 aliphatic carbocycles. The van der Waals surface area contributed by atoms with E-state index in [1.807, 2.05) is 0 Å². The quantitative estimate of drug-likeness (QED) is 0.163. The third-order valence-electron chi connectivity index (χ3n) is 11.4. The molecular weight excluding hydrogens is 665 g/mol. The molecule has 0 atom stereocenters. The van der Waals surface area contributed by atoms with Crippen LogP contribution in [0.5, 0.6) is 0 Å². The van der Waals surface area contributed by atoms with E-state index in [1.165, 1.54) is 54.9 Å². The maximum absolute atomic E-state index is 2.50. The van der Waals surface area contributed by atoms with Crippen molar-refractivity contribution in [2.75, 3.05) is 9.80 Å². The summed E-state index contributed by atoms with van der Waals surface area (Å²) in [5.74, 6) is 0. The van der Waals surface area contributed by atoms with Crippen LogP contribution in [0.2, 0.25) is 0 Å². The summed E-state index contributed by atoms with van der Waals surface area (Å²) in [6.07, 6.45) is 0. The maximum atomic E-state index is 2.50. The standard InChI is InChI=1S/C53H40N2/c1-53(2)47-26-14-13-25-45(47)46-33-32-43(36-48(46)53)55(51-34-30-38-18-11-12-24-44(38)52(51)39-19-5-3-6-20-39)50-28-16-15-27-49(50)54(41-22-7-4-8-23-41)42-31-29-37-17-9-10-21-40(37)35-42/h3-36H,1-2H3. The van der Waals surface area contributed by atoms with Gasteiger partial charge in [-0.05, 0) is 104 Å². The van der Waals surface area contributed by atoms with E-state index in [-0.39, 0.29) is 5.41 Å². The highest BCUT2D eigenvalue weighted by Gasteiger charge is 2.36. The van der Waals surface area contributed by atoms with Crippen LogP contribution in [0.1, 0.15) is 25.0 Å². The first-order chi connectivity index (χ1) is 27.1. The van der Waals surface area contributed by atoms with Gasteiger partial charge in [-0.1, -0.05) is 166 Å². The van der Waals surface area contributed by atoms with E-state index in [4.69, 9.17) is 0 Å². The second-order valence-corrected chi connectivity index (χ2v) is 15.0. The highest BCUT2D eigenvalue weighted by atomic mass is 15.2. The van der Waals surface area contributed by atoms with Gasteiger partial charge in [0.05, 0.1) is 17.1 Å². The van der Waals surface area contributed by atoms with Crippen molar-refractivity contribution in [2.45, 2.75) is 19.3 Å². The highest BCUT2D eigenvalue weighted by Crippen LogP contribution is 2.53. The molecule has 0 amide bonds. The molecule has 55 heavy (non-hydrogen) atoms. The normalized spacial score (nSPS) is 12.7. The van der Waals surface area contributed by atoms with Crippen LogP contribution in [-0.2, 0) is 5.41 Å². The number of fused-ring (bicyclic) bond motifs is 5. The summed E-state index contributed by atoms with van der Waals surface area (Å²) in [6.45, 7) is 4.73. The smallest absolute Gasteiger partial charge is 0.0702 e. The minimum atomic E-state index is -0.153. The van der Waals surface area contributed by atoms with Crippen LogP contribution in [0, 0.1) is 0 Å². The van der Waals surface area contributed by atoms with Gasteiger partial charge in [0.1, 0.15) is 0 Å². The molecule has 10 rings (SSSR count). The van der Waals surface area contributed by atoms with Gasteiger partial charge in [-0.2, -0.15) is 0 Å². The summed E-state index contributed by atoms with van der Waals surface area (Å²) in [5, 5.41) is 4.86. The lowest BCUT2D eigenvalue weighted by molar-refractivity contribution is 0.660. The summed E-state index contributed by atoms with van der Waals surface area (Å²) in [4.78, 5) is 4.91. The van der Waals surface area contributed by atoms with Crippen LogP contribution < -0.4 is 9.80 Å². The van der Waals surface area contributed by atoms with Crippen LogP contribution in [0.25, 0.3) is 43.8 Å². The lowest BCUT2D eigenvalue weighted by Gasteiger charge is -2.35. The third kappa shape index (κ3) is 5.49. The molecule has 0 aliphatic heterocycles. The minimum absolute atomic E-state index is 0.153. The lowest BCUT2D eigenvalue weighted by Crippen LogP contribution is -2.19. The van der Waals surface area contributed by atoms with Crippen LogP contribution >= 0.6 is 0 Å². The summed E-state index contributed by atoms with van der Waals surface area (Å²) in [6, 6.07) is 75.3. The van der Waals surface area contributed by atoms with Gasteiger partial charge in [0, 0.05) is 28.0 Å². The predicted molar refractivity (Wildman–Crippen MR) is 234 cm³/mol. The van der Waals surface area contributed by atoms with Crippen molar-refractivity contribution in [3.63, 3.8) is 0 Å². The van der Waals surface area contributed by atoms with E-state index in [9.17, 15) is 0 Å². The van der Waals surface area contributed by atoms with Gasteiger partial charge in [0.25, 0.3) is 0 Å². The van der Waals surface area contributed by atoms with E-state index in [0.717, 1.165) is 34.1 Å². The molecular formula is C53H40N2. The van der Waals surface area contributed by atoms with Gasteiger partial charge in [-0.25, -0.2) is 0 Å². The molecule has 0 N–H and O–H groups in total. The summed E-state index contributed by atoms with van der Waals surface area (Å²) in [5.41, 5.74) is 14.2. The Kier molecular flexibility index (Phi) is 7.85. The molecule has 0 heterocycles. The molecule has 0 saturated heterocycles. The average molecular weight is 705 g/mol. The molecule has 0 spiro atoms. The molecule has 1 aliphatic rings. The monoisotopic (exact) mass is 704 g/mol. The Morgan fingerprint density at radius 3 is 1.71 bits per heavy atom. The average Bonchev–Trinajstić information content (AvgIpc) is 3.47. The fourth-order valence-electron chi connectivity index (χ4n) is 8.76. The molecule has 9 aromatic rings. The van der Waals surface area contributed by atoms with Gasteiger partial charge in [-0.3, -0.25) is 0 Å². The topological polar surface area (TPSA) is 6.48 Å². The van der Waals surface area contributed by atoms with E-state index in [2.05, 4.69) is 230 Å². The first-order valence-electron chi connectivity index (χ1n) is 19.1. The second kappa shape index (κ2) is 13.2. The van der Waals surface area contributed by atoms with Crippen molar-refractivity contribution in [1.82, 2.24) is 0 Å². The van der Waals surface area contributed by atoms with E-state index in [0.29, 0.717) is 0 Å². The zero-order valence-corrected chi connectivity index (χ0v) is 31.0. The molecule has 262 valence electrons. The molecule has 0 saturated carbocycles. The summed E-state index contributed by atoms with van der Waals surface area (Å²) >= 11 is 0. The SMILES string of the molecule is CC1(C)c2ccccc2-c2ccc(N(c3ccccc3N(c3ccccc3)c3ccc4ccccc4c3)c3ccc4ccccc4c3-c3ccccc3)cc21. The predicted octanol–water partition coefficient (Wildman–Crippen LogP) is 14.9. The molecule has 2 nitrogen and oxygen atoms in total. The van der Waals surface area contributed by atoms with E-state index >= 15 is 0 Å². The van der Waals surface area contributed by atoms with Gasteiger partial charge < -0.3 is 9.80 Å². The Bertz CT molecular complexity index is 2850. The van der Waals surface area contributed by atoms with Gasteiger partial charge in [0.15, 0.2) is 0 Å². The first kappa shape index (κ1) is 32.7. The van der Waals surface area contributed by atoms with Crippen LogP contribution in [-0.4, -0.2) is 0 Å². The van der Waals surface area contributed by atoms with Gasteiger partial charge in [0.2, 0.25) is 0 Å². The minimum Gasteiger partial charge on any atom is -0.308 e. The lowest BCUT2D eigenvalue weighted by atomic mass is 9.82. The van der Waals surface area contributed by atoms with E-state index in [1.54, 1.807) is 0 Å². The maximum Gasteiger partial charge on any atom is 0.0702 e. The Balaban J connectivity index is 1.27. The number of para-hydroxylation sites is 3. The van der Waals surface area contributed by atoms with Crippen LogP contribution in [0.15, 0.2) is 206 Å². The fourth-order valence-corrected chi connectivity index (χ4v) is 8.76. The Morgan fingerprint density at radius 1 is 0.345 bits per heavy atom. The van der Waals surface area contributed by atoms with Gasteiger partial charge in [-0.15, -0.1) is 0 Å². The fraction of sp³-hybridized carbons (Fsp3) is 0.0566. The molecule has 0 bridgehead atoms. The largest absolute Gasteiger partial charge is 0.308 e. The van der Waals surface area contributed by atoms with Crippen molar-refractivity contribution in [1.29, 1.82) is 0 Å². The molecule has 0 radical (unpaired) electrons. The number of hydrogen-bond donors (Lipinski definition) is 0. The number of benzene rings is 9. The van der Waals surface area contributed by atoms with Crippen molar-refractivity contribution in [2.24, 2.45) is 0 Å². The second-order valence-electron chi connectivity index (χ2n) is 15.0. The number of hydrogen-bond acceptors (Lipinski definition) is 2. The summed E-state index contributed by atoms with van der Waals surface area (Å²) in [7, 11) is 0. The van der Waals surface area contributed by atoms with Crippen LogP contribution in [0.4, 0.5) is 34.1 Å². The Labute approximate surface area is 323 Å². The van der Waals surface area contributed by atoms with Crippen LogP contribution in [0.3, 0.4) is 0 Å². The highest BCUT2D eigenvalue weighted by molar-refractivity contribution is 6.07. The van der Waals surface area contributed by atoms with Gasteiger partial charge >= 0.3 is 0 Å². The number of nitrogens with zero attached hydrogens (tertiary/aromatic N) is 2. The van der Waals surface area contributed by atoms with E-state index < -0.39 is 0 Å². The molecule has 2 heteroatoms. The van der Waals surface area contributed by atoms with Crippen molar-refractivity contribution >= 4 is 55.7 Å². The number of anilines is 6. The Hall–Kier alpha value is -6.90. The molecule has 0 unspecified atom stereocenters. The molecule has 0 aromatic heterocycles. The third-order valence-corrected chi connectivity index (χ3v) is 11.4. The van der Waals surface area contributed by atoms with Crippen molar-refractivity contribution in [3.8, 4) is 22.3 Å². The zero-order valence-electron chi connectivity index (χ0n) is 31.0. The number of rotatable bonds is 7. The molecule has 0 fully saturated rings. The van der Waals surface area contributed by atoms with Crippen molar-refractivity contribution in [3.05, 3.63) is 217 Å². The Morgan fingerprint density at radius 2 is 0.909 bits per heavy atom. The van der Waals surface area contributed by atoms with Crippen molar-refractivity contribution < 1.29 is 0 Å². The summed E-state index contributed by atoms with van der Waals surface area (Å²) < 4.78 is 0. The first-order valence-corrected chi connectivity index (χ1v) is 19.1.